The fourth-order valence-electron chi connectivity index (χ4n) is 1.71. The van der Waals surface area contributed by atoms with E-state index in [1.54, 1.807) is 24.3 Å². The molecule has 1 amide bonds. The number of hydrogen-bond donors (Lipinski definition) is 1. The number of hydrogen-bond acceptors (Lipinski definition) is 4. The molecule has 0 radical (unpaired) electrons. The van der Waals surface area contributed by atoms with Gasteiger partial charge in [-0.25, -0.2) is 18.7 Å². The second-order valence-electron chi connectivity index (χ2n) is 4.21. The van der Waals surface area contributed by atoms with Crippen LogP contribution in [0.5, 0.6) is 5.75 Å². The first-order chi connectivity index (χ1) is 9.99. The zero-order chi connectivity index (χ0) is 15.4. The van der Waals surface area contributed by atoms with Crippen molar-refractivity contribution in [2.75, 3.05) is 12.4 Å². The number of rotatable bonds is 4. The molecule has 0 unspecified atom stereocenters. The molecule has 0 aliphatic rings. The van der Waals surface area contributed by atoms with Crippen LogP contribution in [0.4, 0.5) is 14.5 Å². The van der Waals surface area contributed by atoms with Gasteiger partial charge < -0.3 is 10.1 Å². The number of nitrogens with zero attached hydrogens (tertiary/aromatic N) is 2. The minimum Gasteiger partial charge on any atom is -0.497 e. The minimum atomic E-state index is -2.75. The topological polar surface area (TPSA) is 64.1 Å². The zero-order valence-electron chi connectivity index (χ0n) is 11.4. The van der Waals surface area contributed by atoms with Gasteiger partial charge in [-0.3, -0.25) is 4.79 Å². The van der Waals surface area contributed by atoms with Gasteiger partial charge >= 0.3 is 0 Å². The molecule has 2 rings (SSSR count). The van der Waals surface area contributed by atoms with Gasteiger partial charge in [-0.05, 0) is 25.1 Å². The van der Waals surface area contributed by atoms with Crippen LogP contribution in [0, 0.1) is 6.92 Å². The number of aryl methyl sites for hydroxylation is 1. The number of alkyl halides is 2. The SMILES string of the molecule is COc1cccc(NC(=O)c2cc(C(F)F)nc(C)n2)c1. The van der Waals surface area contributed by atoms with Gasteiger partial charge in [-0.15, -0.1) is 0 Å². The van der Waals surface area contributed by atoms with Crippen LogP contribution < -0.4 is 10.1 Å². The first-order valence-electron chi connectivity index (χ1n) is 6.08. The number of anilines is 1. The summed E-state index contributed by atoms with van der Waals surface area (Å²) in [6.07, 6.45) is -2.75. The van der Waals surface area contributed by atoms with Crippen LogP contribution >= 0.6 is 0 Å². The van der Waals surface area contributed by atoms with Crippen molar-refractivity contribution in [2.45, 2.75) is 13.3 Å². The number of aromatic nitrogens is 2. The van der Waals surface area contributed by atoms with Gasteiger partial charge in [0.15, 0.2) is 0 Å². The van der Waals surface area contributed by atoms with E-state index in [4.69, 9.17) is 4.74 Å². The average molecular weight is 293 g/mol. The van der Waals surface area contributed by atoms with Crippen LogP contribution in [0.2, 0.25) is 0 Å². The molecule has 0 saturated heterocycles. The number of ether oxygens (including phenoxy) is 1. The molecular weight excluding hydrogens is 280 g/mol. The maximum absolute atomic E-state index is 12.7. The minimum absolute atomic E-state index is 0.111. The second kappa shape index (κ2) is 6.25. The maximum atomic E-state index is 12.7. The molecular formula is C14H13F2N3O2. The van der Waals surface area contributed by atoms with Gasteiger partial charge in [0.05, 0.1) is 7.11 Å². The molecule has 1 aromatic heterocycles. The molecule has 7 heteroatoms. The van der Waals surface area contributed by atoms with Crippen molar-refractivity contribution in [3.8, 4) is 5.75 Å². The molecule has 5 nitrogen and oxygen atoms in total. The molecule has 2 aromatic rings. The number of benzene rings is 1. The Labute approximate surface area is 120 Å². The lowest BCUT2D eigenvalue weighted by atomic mass is 10.2. The largest absolute Gasteiger partial charge is 0.497 e. The smallest absolute Gasteiger partial charge is 0.280 e. The number of carbonyl (C=O) groups excluding carboxylic acids is 1. The summed E-state index contributed by atoms with van der Waals surface area (Å²) in [5, 5.41) is 2.57. The molecule has 1 aromatic carbocycles. The van der Waals surface area contributed by atoms with Crippen molar-refractivity contribution in [2.24, 2.45) is 0 Å². The van der Waals surface area contributed by atoms with Crippen LogP contribution in [-0.4, -0.2) is 23.0 Å². The number of halogens is 2. The fraction of sp³-hybridized carbons (Fsp3) is 0.214. The monoisotopic (exact) mass is 293 g/mol. The van der Waals surface area contributed by atoms with Crippen molar-refractivity contribution < 1.29 is 18.3 Å². The molecule has 21 heavy (non-hydrogen) atoms. The van der Waals surface area contributed by atoms with Crippen molar-refractivity contribution >= 4 is 11.6 Å². The van der Waals surface area contributed by atoms with Gasteiger partial charge in [0.25, 0.3) is 12.3 Å². The molecule has 0 spiro atoms. The zero-order valence-corrected chi connectivity index (χ0v) is 11.4. The number of carbonyl (C=O) groups is 1. The normalized spacial score (nSPS) is 10.5. The van der Waals surface area contributed by atoms with Crippen LogP contribution in [-0.2, 0) is 0 Å². The standard InChI is InChI=1S/C14H13F2N3O2/c1-8-17-11(13(15)16)7-12(18-8)14(20)19-9-4-3-5-10(6-9)21-2/h3-7,13H,1-2H3,(H,19,20). The molecule has 0 aliphatic carbocycles. The highest BCUT2D eigenvalue weighted by Crippen LogP contribution is 2.19. The van der Waals surface area contributed by atoms with Gasteiger partial charge in [-0.1, -0.05) is 6.07 Å². The van der Waals surface area contributed by atoms with E-state index in [-0.39, 0.29) is 11.5 Å². The Morgan fingerprint density at radius 2 is 2.05 bits per heavy atom. The predicted molar refractivity (Wildman–Crippen MR) is 72.7 cm³/mol. The second-order valence-corrected chi connectivity index (χ2v) is 4.21. The summed E-state index contributed by atoms with van der Waals surface area (Å²) in [6.45, 7) is 1.45. The van der Waals surface area contributed by atoms with E-state index in [1.165, 1.54) is 14.0 Å². The van der Waals surface area contributed by atoms with E-state index in [1.807, 2.05) is 0 Å². The third-order valence-corrected chi connectivity index (χ3v) is 2.64. The van der Waals surface area contributed by atoms with Gasteiger partial charge in [0.1, 0.15) is 23.0 Å². The average Bonchev–Trinajstić information content (AvgIpc) is 2.46. The Morgan fingerprint density at radius 3 is 2.71 bits per heavy atom. The Bertz CT molecular complexity index is 662. The van der Waals surface area contributed by atoms with Gasteiger partial charge in [0, 0.05) is 11.8 Å². The maximum Gasteiger partial charge on any atom is 0.280 e. The van der Waals surface area contributed by atoms with E-state index in [9.17, 15) is 13.6 Å². The van der Waals surface area contributed by atoms with Crippen LogP contribution in [0.3, 0.4) is 0 Å². The summed E-state index contributed by atoms with van der Waals surface area (Å²) in [5.74, 6) is 0.0965. The Morgan fingerprint density at radius 1 is 1.29 bits per heavy atom. The van der Waals surface area contributed by atoms with E-state index in [2.05, 4.69) is 15.3 Å². The fourth-order valence-corrected chi connectivity index (χ4v) is 1.71. The number of nitrogens with one attached hydrogen (secondary N) is 1. The Hall–Kier alpha value is -2.57. The Kier molecular flexibility index (Phi) is 4.42. The molecule has 0 saturated carbocycles. The summed E-state index contributed by atoms with van der Waals surface area (Å²) in [5.41, 5.74) is -0.104. The highest BCUT2D eigenvalue weighted by Gasteiger charge is 2.16. The number of amides is 1. The molecule has 0 bridgehead atoms. The van der Waals surface area contributed by atoms with Crippen molar-refractivity contribution in [3.05, 3.63) is 47.5 Å². The third-order valence-electron chi connectivity index (χ3n) is 2.64. The molecule has 1 N–H and O–H groups in total. The predicted octanol–water partition coefficient (Wildman–Crippen LogP) is 2.98. The highest BCUT2D eigenvalue weighted by atomic mass is 19.3. The van der Waals surface area contributed by atoms with E-state index >= 15 is 0 Å². The van der Waals surface area contributed by atoms with Gasteiger partial charge in [-0.2, -0.15) is 0 Å². The van der Waals surface area contributed by atoms with E-state index < -0.39 is 18.0 Å². The molecule has 0 atom stereocenters. The molecule has 0 fully saturated rings. The third kappa shape index (κ3) is 3.71. The van der Waals surface area contributed by atoms with Crippen molar-refractivity contribution in [1.82, 2.24) is 9.97 Å². The lowest BCUT2D eigenvalue weighted by Gasteiger charge is -2.08. The molecule has 0 aliphatic heterocycles. The summed E-state index contributed by atoms with van der Waals surface area (Å²) < 4.78 is 30.4. The van der Waals surface area contributed by atoms with E-state index in [0.29, 0.717) is 11.4 Å². The lowest BCUT2D eigenvalue weighted by molar-refractivity contribution is 0.102. The lowest BCUT2D eigenvalue weighted by Crippen LogP contribution is -2.15. The van der Waals surface area contributed by atoms with Crippen LogP contribution in [0.1, 0.15) is 28.4 Å². The quantitative estimate of drug-likeness (QED) is 0.941. The summed E-state index contributed by atoms with van der Waals surface area (Å²) >= 11 is 0. The van der Waals surface area contributed by atoms with E-state index in [0.717, 1.165) is 6.07 Å². The first-order valence-corrected chi connectivity index (χ1v) is 6.08. The van der Waals surface area contributed by atoms with Crippen molar-refractivity contribution in [3.63, 3.8) is 0 Å². The van der Waals surface area contributed by atoms with Crippen LogP contribution in [0.25, 0.3) is 0 Å². The summed E-state index contributed by atoms with van der Waals surface area (Å²) in [6, 6.07) is 7.67. The number of methoxy groups -OCH3 is 1. The van der Waals surface area contributed by atoms with Gasteiger partial charge in [0.2, 0.25) is 0 Å². The highest BCUT2D eigenvalue weighted by molar-refractivity contribution is 6.03. The summed E-state index contributed by atoms with van der Waals surface area (Å²) in [7, 11) is 1.50. The molecule has 1 heterocycles. The summed E-state index contributed by atoms with van der Waals surface area (Å²) in [4.78, 5) is 19.5. The van der Waals surface area contributed by atoms with Crippen LogP contribution in [0.15, 0.2) is 30.3 Å². The first kappa shape index (κ1) is 14.8. The molecule has 110 valence electrons. The van der Waals surface area contributed by atoms with Crippen molar-refractivity contribution in [1.29, 1.82) is 0 Å². The Balaban J connectivity index is 2.23.